The molecule has 136 valence electrons. The van der Waals surface area contributed by atoms with Crippen LogP contribution in [0.5, 0.6) is 17.2 Å². The lowest BCUT2D eigenvalue weighted by atomic mass is 10.0. The number of aliphatic imine (C=N–C) groups is 1. The molecule has 26 heavy (non-hydrogen) atoms. The van der Waals surface area contributed by atoms with Crippen LogP contribution in [-0.4, -0.2) is 32.6 Å². The number of hydrogen-bond donors (Lipinski definition) is 1. The molecule has 0 spiro atoms. The van der Waals surface area contributed by atoms with Crippen LogP contribution in [0.1, 0.15) is 18.0 Å². The zero-order valence-corrected chi connectivity index (χ0v) is 14.9. The van der Waals surface area contributed by atoms with E-state index in [1.165, 1.54) is 0 Å². The lowest BCUT2D eigenvalue weighted by Crippen LogP contribution is -2.30. The summed E-state index contributed by atoms with van der Waals surface area (Å²) in [7, 11) is 0. The summed E-state index contributed by atoms with van der Waals surface area (Å²) >= 11 is 6.00. The number of fused-ring (bicyclic) bond motifs is 1. The van der Waals surface area contributed by atoms with Gasteiger partial charge in [0.15, 0.2) is 11.5 Å². The smallest absolute Gasteiger partial charge is 0.285 e. The summed E-state index contributed by atoms with van der Waals surface area (Å²) in [6.45, 7) is 1.99. The second-order valence-corrected chi connectivity index (χ2v) is 6.34. The number of halogens is 1. The van der Waals surface area contributed by atoms with Crippen LogP contribution in [0.2, 0.25) is 5.02 Å². The molecule has 0 aliphatic carbocycles. The highest BCUT2D eigenvalue weighted by atomic mass is 35.5. The number of ether oxygens (including phenoxy) is 4. The Morgan fingerprint density at radius 3 is 2.92 bits per heavy atom. The van der Waals surface area contributed by atoms with E-state index < -0.39 is 0 Å². The number of hydrogen-bond acceptors (Lipinski definition) is 6. The van der Waals surface area contributed by atoms with E-state index in [1.54, 1.807) is 6.07 Å². The van der Waals surface area contributed by atoms with Crippen molar-refractivity contribution >= 4 is 17.6 Å². The van der Waals surface area contributed by atoms with Crippen molar-refractivity contribution in [3.8, 4) is 17.2 Å². The van der Waals surface area contributed by atoms with Crippen molar-refractivity contribution < 1.29 is 18.9 Å². The second-order valence-electron chi connectivity index (χ2n) is 5.91. The maximum absolute atomic E-state index is 6.00. The molecule has 1 N–H and O–H groups in total. The molecule has 2 aliphatic heterocycles. The van der Waals surface area contributed by atoms with Gasteiger partial charge in [0.05, 0.1) is 19.2 Å². The Bertz CT molecular complexity index is 812. The first-order valence-corrected chi connectivity index (χ1v) is 8.88. The molecule has 1 atom stereocenters. The molecule has 0 radical (unpaired) electrons. The highest BCUT2D eigenvalue weighted by Gasteiger charge is 2.25. The summed E-state index contributed by atoms with van der Waals surface area (Å²) in [5.41, 5.74) is 0.993. The molecular formula is C19H19ClN2O4. The Hall–Kier alpha value is -2.60. The molecule has 0 aromatic heterocycles. The van der Waals surface area contributed by atoms with Crippen LogP contribution in [0, 0.1) is 0 Å². The zero-order valence-electron chi connectivity index (χ0n) is 14.1. The average Bonchev–Trinajstić information content (AvgIpc) is 3.32. The van der Waals surface area contributed by atoms with Crippen LogP contribution in [0.25, 0.3) is 0 Å². The first-order chi connectivity index (χ1) is 12.8. The number of nitrogens with zero attached hydrogens (tertiary/aromatic N) is 1. The van der Waals surface area contributed by atoms with E-state index in [0.29, 0.717) is 37.2 Å². The van der Waals surface area contributed by atoms with E-state index in [4.69, 9.17) is 30.5 Å². The van der Waals surface area contributed by atoms with Crippen LogP contribution in [-0.2, 0) is 4.74 Å². The van der Waals surface area contributed by atoms with Gasteiger partial charge in [-0.25, -0.2) is 4.99 Å². The van der Waals surface area contributed by atoms with Gasteiger partial charge in [0.25, 0.3) is 6.02 Å². The van der Waals surface area contributed by atoms with E-state index in [0.717, 1.165) is 22.8 Å². The molecule has 6 nitrogen and oxygen atoms in total. The average molecular weight is 375 g/mol. The molecule has 2 heterocycles. The fourth-order valence-electron chi connectivity index (χ4n) is 2.96. The first-order valence-electron chi connectivity index (χ1n) is 8.50. The largest absolute Gasteiger partial charge is 0.493 e. The Balaban J connectivity index is 1.49. The highest BCUT2D eigenvalue weighted by Crippen LogP contribution is 2.39. The minimum absolute atomic E-state index is 0.0808. The quantitative estimate of drug-likeness (QED) is 0.837. The van der Waals surface area contributed by atoms with Crippen molar-refractivity contribution in [2.45, 2.75) is 12.5 Å². The normalized spacial score (nSPS) is 16.0. The van der Waals surface area contributed by atoms with Gasteiger partial charge in [-0.3, -0.25) is 0 Å². The summed E-state index contributed by atoms with van der Waals surface area (Å²) < 4.78 is 22.5. The molecule has 0 saturated heterocycles. The summed E-state index contributed by atoms with van der Waals surface area (Å²) in [5, 5.41) is 4.00. The second kappa shape index (κ2) is 7.74. The lowest BCUT2D eigenvalue weighted by molar-refractivity contribution is 0.172. The first kappa shape index (κ1) is 16.8. The van der Waals surface area contributed by atoms with Crippen LogP contribution in [0.15, 0.2) is 47.5 Å². The highest BCUT2D eigenvalue weighted by molar-refractivity contribution is 6.30. The third kappa shape index (κ3) is 3.80. The van der Waals surface area contributed by atoms with Crippen LogP contribution >= 0.6 is 11.6 Å². The Morgan fingerprint density at radius 1 is 1.15 bits per heavy atom. The predicted molar refractivity (Wildman–Crippen MR) is 98.3 cm³/mol. The molecule has 0 fully saturated rings. The van der Waals surface area contributed by atoms with Gasteiger partial charge in [-0.15, -0.1) is 0 Å². The molecule has 7 heteroatoms. The lowest BCUT2D eigenvalue weighted by Gasteiger charge is -2.21. The van der Waals surface area contributed by atoms with Gasteiger partial charge in [0, 0.05) is 17.0 Å². The van der Waals surface area contributed by atoms with Gasteiger partial charge < -0.3 is 24.3 Å². The molecule has 4 rings (SSSR count). The molecule has 0 saturated carbocycles. The Labute approximate surface area is 156 Å². The van der Waals surface area contributed by atoms with E-state index in [2.05, 4.69) is 10.3 Å². The summed E-state index contributed by atoms with van der Waals surface area (Å²) in [4.78, 5) is 4.33. The predicted octanol–water partition coefficient (Wildman–Crippen LogP) is 3.55. The SMILES string of the molecule is Clc1cccc(OCCC(NC2=NCCO2)c2cccc3c2OCO3)c1. The van der Waals surface area contributed by atoms with Gasteiger partial charge in [-0.1, -0.05) is 29.8 Å². The number of amidine groups is 1. The molecule has 1 unspecified atom stereocenters. The molecule has 0 bridgehead atoms. The molecule has 2 aliphatic rings. The summed E-state index contributed by atoms with van der Waals surface area (Å²) in [5.74, 6) is 2.24. The van der Waals surface area contributed by atoms with Crippen molar-refractivity contribution in [3.63, 3.8) is 0 Å². The maximum atomic E-state index is 6.00. The van der Waals surface area contributed by atoms with Gasteiger partial charge >= 0.3 is 0 Å². The molecular weight excluding hydrogens is 356 g/mol. The maximum Gasteiger partial charge on any atom is 0.285 e. The van der Waals surface area contributed by atoms with Crippen molar-refractivity contribution in [1.82, 2.24) is 5.32 Å². The van der Waals surface area contributed by atoms with E-state index in [-0.39, 0.29) is 12.8 Å². The van der Waals surface area contributed by atoms with Crippen molar-refractivity contribution in [3.05, 3.63) is 53.1 Å². The third-order valence-corrected chi connectivity index (χ3v) is 4.39. The number of nitrogens with one attached hydrogen (secondary N) is 1. The summed E-state index contributed by atoms with van der Waals surface area (Å²) in [6.07, 6.45) is 0.689. The molecule has 2 aromatic carbocycles. The van der Waals surface area contributed by atoms with Crippen molar-refractivity contribution in [2.24, 2.45) is 4.99 Å². The molecule has 0 amide bonds. The monoisotopic (exact) mass is 374 g/mol. The van der Waals surface area contributed by atoms with Crippen molar-refractivity contribution in [1.29, 1.82) is 0 Å². The number of benzene rings is 2. The van der Waals surface area contributed by atoms with Crippen LogP contribution < -0.4 is 19.5 Å². The van der Waals surface area contributed by atoms with Gasteiger partial charge in [0.2, 0.25) is 6.79 Å². The standard InChI is InChI=1S/C19H19ClN2O4/c20-13-3-1-4-14(11-13)23-9-7-16(22-19-21-8-10-24-19)15-5-2-6-17-18(15)26-12-25-17/h1-6,11,16H,7-10,12H2,(H,21,22). The Kier molecular flexibility index (Phi) is 5.02. The fourth-order valence-corrected chi connectivity index (χ4v) is 3.14. The van der Waals surface area contributed by atoms with Gasteiger partial charge in [-0.05, 0) is 24.3 Å². The van der Waals surface area contributed by atoms with E-state index >= 15 is 0 Å². The topological polar surface area (TPSA) is 61.3 Å². The van der Waals surface area contributed by atoms with Gasteiger partial charge in [-0.2, -0.15) is 0 Å². The van der Waals surface area contributed by atoms with Crippen LogP contribution in [0.3, 0.4) is 0 Å². The third-order valence-electron chi connectivity index (χ3n) is 4.16. The molecule has 2 aromatic rings. The van der Waals surface area contributed by atoms with E-state index in [9.17, 15) is 0 Å². The Morgan fingerprint density at radius 2 is 2.08 bits per heavy atom. The fraction of sp³-hybridized carbons (Fsp3) is 0.316. The zero-order chi connectivity index (χ0) is 17.8. The van der Waals surface area contributed by atoms with Gasteiger partial charge in [0.1, 0.15) is 12.4 Å². The van der Waals surface area contributed by atoms with Crippen molar-refractivity contribution in [2.75, 3.05) is 26.6 Å². The van der Waals surface area contributed by atoms with E-state index in [1.807, 2.05) is 36.4 Å². The number of para-hydroxylation sites is 1. The minimum Gasteiger partial charge on any atom is -0.493 e. The summed E-state index contributed by atoms with van der Waals surface area (Å²) in [6, 6.07) is 13.7. The minimum atomic E-state index is -0.0808. The number of rotatable bonds is 6. The van der Waals surface area contributed by atoms with Crippen LogP contribution in [0.4, 0.5) is 0 Å².